The van der Waals surface area contributed by atoms with Gasteiger partial charge in [0.15, 0.2) is 0 Å². The van der Waals surface area contributed by atoms with Gasteiger partial charge < -0.3 is 10.1 Å². The van der Waals surface area contributed by atoms with Gasteiger partial charge in [0.1, 0.15) is 0 Å². The predicted molar refractivity (Wildman–Crippen MR) is 35.7 cm³/mol. The fourth-order valence-corrected chi connectivity index (χ4v) is 0.439. The van der Waals surface area contributed by atoms with Gasteiger partial charge in [0.25, 0.3) is 0 Å². The second-order valence-electron chi connectivity index (χ2n) is 2.11. The third-order valence-corrected chi connectivity index (χ3v) is 1.02. The zero-order valence-electron chi connectivity index (χ0n) is 6.77. The van der Waals surface area contributed by atoms with Gasteiger partial charge in [0.05, 0.1) is 6.42 Å². The normalized spacial score (nSPS) is 11.1. The van der Waals surface area contributed by atoms with Crippen LogP contribution in [0.15, 0.2) is 0 Å². The Morgan fingerprint density at radius 1 is 1.38 bits per heavy atom. The van der Waals surface area contributed by atoms with Crippen LogP contribution in [0.1, 0.15) is 6.42 Å². The Balaban J connectivity index is 3.86. The van der Waals surface area contributed by atoms with E-state index in [-0.39, 0.29) is 13.0 Å². The standard InChI is InChI=1S/C6H8F3NO3/c1-10-3-2-4(11)13-5(12)6(7,8)9/h10H,2-3H2,1H3. The Kier molecular flexibility index (Phi) is 4.39. The molecular formula is C6H8F3NO3. The molecule has 0 aliphatic heterocycles. The van der Waals surface area contributed by atoms with Crippen molar-refractivity contribution in [2.75, 3.05) is 13.6 Å². The van der Waals surface area contributed by atoms with Crippen molar-refractivity contribution in [1.82, 2.24) is 5.32 Å². The van der Waals surface area contributed by atoms with Crippen LogP contribution >= 0.6 is 0 Å². The zero-order chi connectivity index (χ0) is 10.5. The monoisotopic (exact) mass is 199 g/mol. The van der Waals surface area contributed by atoms with E-state index < -0.39 is 18.1 Å². The fourth-order valence-electron chi connectivity index (χ4n) is 0.439. The lowest BCUT2D eigenvalue weighted by Gasteiger charge is -2.04. The predicted octanol–water partition coefficient (Wildman–Crippen LogP) is 0.228. The quantitative estimate of drug-likeness (QED) is 0.522. The zero-order valence-corrected chi connectivity index (χ0v) is 6.77. The molecule has 0 unspecified atom stereocenters. The SMILES string of the molecule is CNCCC(=O)OC(=O)C(F)(F)F. The van der Waals surface area contributed by atoms with E-state index in [0.717, 1.165) is 0 Å². The van der Waals surface area contributed by atoms with E-state index in [1.54, 1.807) is 0 Å². The third-order valence-electron chi connectivity index (χ3n) is 1.02. The van der Waals surface area contributed by atoms with Gasteiger partial charge in [0.2, 0.25) is 0 Å². The van der Waals surface area contributed by atoms with Crippen LogP contribution in [0.25, 0.3) is 0 Å². The van der Waals surface area contributed by atoms with Gasteiger partial charge in [-0.15, -0.1) is 0 Å². The number of nitrogens with one attached hydrogen (secondary N) is 1. The highest BCUT2D eigenvalue weighted by molar-refractivity contribution is 5.88. The number of carbonyl (C=O) groups excluding carboxylic acids is 2. The largest absolute Gasteiger partial charge is 0.491 e. The number of esters is 2. The molecule has 0 atom stereocenters. The van der Waals surface area contributed by atoms with Crippen LogP contribution in [-0.4, -0.2) is 31.7 Å². The van der Waals surface area contributed by atoms with Crippen LogP contribution in [0.3, 0.4) is 0 Å². The molecule has 0 aromatic heterocycles. The first-order chi connectivity index (χ1) is 5.88. The molecular weight excluding hydrogens is 191 g/mol. The van der Waals surface area contributed by atoms with E-state index in [9.17, 15) is 22.8 Å². The van der Waals surface area contributed by atoms with E-state index in [1.807, 2.05) is 0 Å². The summed E-state index contributed by atoms with van der Waals surface area (Å²) in [6, 6.07) is 0. The molecule has 4 nitrogen and oxygen atoms in total. The molecule has 0 saturated heterocycles. The topological polar surface area (TPSA) is 55.4 Å². The molecule has 0 aliphatic rings. The summed E-state index contributed by atoms with van der Waals surface area (Å²) in [6.07, 6.45) is -5.40. The third kappa shape index (κ3) is 5.18. The van der Waals surface area contributed by atoms with Crippen molar-refractivity contribution in [3.63, 3.8) is 0 Å². The molecule has 0 spiro atoms. The number of rotatable bonds is 3. The van der Waals surface area contributed by atoms with Crippen molar-refractivity contribution in [3.8, 4) is 0 Å². The Labute approximate surface area is 72.0 Å². The first kappa shape index (κ1) is 11.9. The molecule has 7 heteroatoms. The summed E-state index contributed by atoms with van der Waals surface area (Å²) in [4.78, 5) is 20.5. The lowest BCUT2D eigenvalue weighted by molar-refractivity contribution is -0.201. The second-order valence-corrected chi connectivity index (χ2v) is 2.11. The van der Waals surface area contributed by atoms with E-state index >= 15 is 0 Å². The smallest absolute Gasteiger partial charge is 0.386 e. The van der Waals surface area contributed by atoms with Crippen molar-refractivity contribution in [3.05, 3.63) is 0 Å². The molecule has 0 rings (SSSR count). The number of hydrogen-bond acceptors (Lipinski definition) is 4. The summed E-state index contributed by atoms with van der Waals surface area (Å²) in [5.41, 5.74) is 0. The van der Waals surface area contributed by atoms with Gasteiger partial charge in [-0.2, -0.15) is 13.2 Å². The molecule has 0 heterocycles. The maximum absolute atomic E-state index is 11.5. The molecule has 0 radical (unpaired) electrons. The first-order valence-electron chi connectivity index (χ1n) is 3.34. The molecule has 0 aliphatic carbocycles. The maximum atomic E-state index is 11.5. The highest BCUT2D eigenvalue weighted by Gasteiger charge is 2.42. The molecule has 0 amide bonds. The molecule has 1 N–H and O–H groups in total. The molecule has 0 fully saturated rings. The molecule has 0 bridgehead atoms. The lowest BCUT2D eigenvalue weighted by Crippen LogP contribution is -2.29. The minimum atomic E-state index is -5.12. The highest BCUT2D eigenvalue weighted by atomic mass is 19.4. The maximum Gasteiger partial charge on any atom is 0.491 e. The average molecular weight is 199 g/mol. The molecule has 76 valence electrons. The summed E-state index contributed by atoms with van der Waals surface area (Å²) in [6.45, 7) is 0.157. The number of hydrogen-bond donors (Lipinski definition) is 1. The van der Waals surface area contributed by atoms with Gasteiger partial charge in [-0.3, -0.25) is 4.79 Å². The number of ether oxygens (including phenoxy) is 1. The van der Waals surface area contributed by atoms with E-state index in [1.165, 1.54) is 7.05 Å². The summed E-state index contributed by atoms with van der Waals surface area (Å²) in [5.74, 6) is -3.68. The number of halogens is 3. The Morgan fingerprint density at radius 2 is 1.92 bits per heavy atom. The van der Waals surface area contributed by atoms with Gasteiger partial charge in [-0.25, -0.2) is 4.79 Å². The molecule has 13 heavy (non-hydrogen) atoms. The molecule has 0 saturated carbocycles. The summed E-state index contributed by atoms with van der Waals surface area (Å²) in [5, 5.41) is 2.52. The Bertz CT molecular complexity index is 202. The van der Waals surface area contributed by atoms with Gasteiger partial charge in [-0.1, -0.05) is 0 Å². The van der Waals surface area contributed by atoms with E-state index in [4.69, 9.17) is 0 Å². The van der Waals surface area contributed by atoms with Crippen molar-refractivity contribution < 1.29 is 27.5 Å². The van der Waals surface area contributed by atoms with Gasteiger partial charge >= 0.3 is 18.1 Å². The second kappa shape index (κ2) is 4.80. The average Bonchev–Trinajstić information content (AvgIpc) is 1.99. The van der Waals surface area contributed by atoms with Crippen LogP contribution in [0.2, 0.25) is 0 Å². The van der Waals surface area contributed by atoms with Gasteiger partial charge in [-0.05, 0) is 7.05 Å². The van der Waals surface area contributed by atoms with E-state index in [0.29, 0.717) is 0 Å². The molecule has 0 aromatic carbocycles. The summed E-state index contributed by atoms with van der Waals surface area (Å²) in [7, 11) is 1.51. The van der Waals surface area contributed by atoms with Crippen LogP contribution < -0.4 is 5.32 Å². The molecule has 0 aromatic rings. The van der Waals surface area contributed by atoms with Crippen LogP contribution in [0, 0.1) is 0 Å². The van der Waals surface area contributed by atoms with Gasteiger partial charge in [0, 0.05) is 6.54 Å². The lowest BCUT2D eigenvalue weighted by atomic mass is 10.4. The first-order valence-corrected chi connectivity index (χ1v) is 3.34. The van der Waals surface area contributed by atoms with Crippen LogP contribution in [0.4, 0.5) is 13.2 Å². The van der Waals surface area contributed by atoms with Crippen LogP contribution in [-0.2, 0) is 14.3 Å². The fraction of sp³-hybridized carbons (Fsp3) is 0.667. The van der Waals surface area contributed by atoms with Crippen molar-refractivity contribution >= 4 is 11.9 Å². The van der Waals surface area contributed by atoms with Crippen molar-refractivity contribution in [2.45, 2.75) is 12.6 Å². The number of alkyl halides is 3. The Morgan fingerprint density at radius 3 is 2.31 bits per heavy atom. The minimum Gasteiger partial charge on any atom is -0.386 e. The number of carbonyl (C=O) groups is 2. The summed E-state index contributed by atoms with van der Waals surface area (Å²) >= 11 is 0. The minimum absolute atomic E-state index is 0.157. The highest BCUT2D eigenvalue weighted by Crippen LogP contribution is 2.16. The van der Waals surface area contributed by atoms with Crippen molar-refractivity contribution in [2.24, 2.45) is 0 Å². The van der Waals surface area contributed by atoms with Crippen molar-refractivity contribution in [1.29, 1.82) is 0 Å². The summed E-state index contributed by atoms with van der Waals surface area (Å²) < 4.78 is 37.9. The Hall–Kier alpha value is -1.11. The van der Waals surface area contributed by atoms with E-state index in [2.05, 4.69) is 10.1 Å². The van der Waals surface area contributed by atoms with Crippen LogP contribution in [0.5, 0.6) is 0 Å².